The van der Waals surface area contributed by atoms with Crippen LogP contribution in [0.5, 0.6) is 0 Å². The number of nitrogen functional groups attached to an aromatic ring is 1. The van der Waals surface area contributed by atoms with E-state index in [-0.39, 0.29) is 4.90 Å². The summed E-state index contributed by atoms with van der Waals surface area (Å²) in [4.78, 5) is 0.179. The highest BCUT2D eigenvalue weighted by Gasteiger charge is 2.14. The van der Waals surface area contributed by atoms with Gasteiger partial charge in [-0.05, 0) is 48.9 Å². The van der Waals surface area contributed by atoms with Crippen molar-refractivity contribution < 1.29 is 8.42 Å². The SMILES string of the molecule is Cc1ccc(NS(=O)(=O)c2ccc(N)cc2)cc1Br. The van der Waals surface area contributed by atoms with Gasteiger partial charge in [0, 0.05) is 15.8 Å². The standard InChI is InChI=1S/C13H13BrN2O2S/c1-9-2-5-11(8-13(9)14)16-19(17,18)12-6-3-10(15)4-7-12/h2-8,16H,15H2,1H3. The Morgan fingerprint density at radius 3 is 2.32 bits per heavy atom. The zero-order chi connectivity index (χ0) is 14.0. The predicted octanol–water partition coefficient (Wildman–Crippen LogP) is 3.14. The van der Waals surface area contributed by atoms with Crippen LogP contribution in [0.15, 0.2) is 51.8 Å². The number of nitrogens with one attached hydrogen (secondary N) is 1. The van der Waals surface area contributed by atoms with Gasteiger partial charge in [0.25, 0.3) is 10.0 Å². The van der Waals surface area contributed by atoms with E-state index in [1.54, 1.807) is 24.3 Å². The van der Waals surface area contributed by atoms with Gasteiger partial charge in [-0.15, -0.1) is 0 Å². The summed E-state index contributed by atoms with van der Waals surface area (Å²) in [5.74, 6) is 0. The molecule has 4 nitrogen and oxygen atoms in total. The highest BCUT2D eigenvalue weighted by molar-refractivity contribution is 9.10. The van der Waals surface area contributed by atoms with Crippen molar-refractivity contribution in [3.05, 3.63) is 52.5 Å². The van der Waals surface area contributed by atoms with Crippen LogP contribution < -0.4 is 10.5 Å². The molecule has 0 aliphatic carbocycles. The minimum atomic E-state index is -3.59. The molecule has 0 bridgehead atoms. The molecule has 0 saturated heterocycles. The van der Waals surface area contributed by atoms with Crippen molar-refractivity contribution in [2.45, 2.75) is 11.8 Å². The predicted molar refractivity (Wildman–Crippen MR) is 80.5 cm³/mol. The zero-order valence-corrected chi connectivity index (χ0v) is 12.6. The molecule has 0 saturated carbocycles. The molecule has 0 atom stereocenters. The average molecular weight is 341 g/mol. The van der Waals surface area contributed by atoms with Gasteiger partial charge in [0.15, 0.2) is 0 Å². The molecule has 100 valence electrons. The second-order valence-electron chi connectivity index (χ2n) is 4.14. The fourth-order valence-electron chi connectivity index (χ4n) is 1.52. The monoisotopic (exact) mass is 340 g/mol. The van der Waals surface area contributed by atoms with Gasteiger partial charge in [-0.25, -0.2) is 8.42 Å². The highest BCUT2D eigenvalue weighted by Crippen LogP contribution is 2.23. The molecule has 2 aromatic carbocycles. The third-order valence-electron chi connectivity index (χ3n) is 2.61. The number of hydrogen-bond donors (Lipinski definition) is 2. The Balaban J connectivity index is 2.30. The van der Waals surface area contributed by atoms with Crippen LogP contribution in [-0.2, 0) is 10.0 Å². The van der Waals surface area contributed by atoms with E-state index >= 15 is 0 Å². The molecular weight excluding hydrogens is 328 g/mol. The second-order valence-corrected chi connectivity index (χ2v) is 6.68. The highest BCUT2D eigenvalue weighted by atomic mass is 79.9. The van der Waals surface area contributed by atoms with Crippen molar-refractivity contribution in [2.75, 3.05) is 10.5 Å². The summed E-state index contributed by atoms with van der Waals surface area (Å²) in [6.07, 6.45) is 0. The second kappa shape index (κ2) is 5.22. The van der Waals surface area contributed by atoms with Gasteiger partial charge in [-0.2, -0.15) is 0 Å². The van der Waals surface area contributed by atoms with E-state index in [1.807, 2.05) is 13.0 Å². The molecule has 0 aliphatic rings. The first-order valence-corrected chi connectivity index (χ1v) is 7.80. The first-order chi connectivity index (χ1) is 8.88. The number of hydrogen-bond acceptors (Lipinski definition) is 3. The first-order valence-electron chi connectivity index (χ1n) is 5.53. The zero-order valence-electron chi connectivity index (χ0n) is 10.2. The van der Waals surface area contributed by atoms with Crippen LogP contribution in [0.1, 0.15) is 5.56 Å². The number of rotatable bonds is 3. The number of nitrogens with two attached hydrogens (primary N) is 1. The summed E-state index contributed by atoms with van der Waals surface area (Å²) in [6, 6.07) is 11.3. The van der Waals surface area contributed by atoms with Crippen molar-refractivity contribution >= 4 is 37.3 Å². The van der Waals surface area contributed by atoms with Gasteiger partial charge in [0.05, 0.1) is 4.90 Å². The summed E-state index contributed by atoms with van der Waals surface area (Å²) in [6.45, 7) is 1.93. The van der Waals surface area contributed by atoms with Gasteiger partial charge in [-0.1, -0.05) is 22.0 Å². The molecule has 0 heterocycles. The number of sulfonamides is 1. The van der Waals surface area contributed by atoms with Gasteiger partial charge < -0.3 is 5.73 Å². The minimum Gasteiger partial charge on any atom is -0.399 e. The third kappa shape index (κ3) is 3.27. The van der Waals surface area contributed by atoms with Gasteiger partial charge in [-0.3, -0.25) is 4.72 Å². The van der Waals surface area contributed by atoms with Crippen LogP contribution in [0.2, 0.25) is 0 Å². The molecular formula is C13H13BrN2O2S. The molecule has 19 heavy (non-hydrogen) atoms. The fourth-order valence-corrected chi connectivity index (χ4v) is 2.95. The first kappa shape index (κ1) is 13.9. The lowest BCUT2D eigenvalue weighted by molar-refractivity contribution is 0.601. The van der Waals surface area contributed by atoms with Crippen molar-refractivity contribution in [3.63, 3.8) is 0 Å². The van der Waals surface area contributed by atoms with Crippen LogP contribution in [-0.4, -0.2) is 8.42 Å². The van der Waals surface area contributed by atoms with Gasteiger partial charge in [0.2, 0.25) is 0 Å². The Hall–Kier alpha value is -1.53. The van der Waals surface area contributed by atoms with Crippen molar-refractivity contribution in [1.82, 2.24) is 0 Å². The van der Waals surface area contributed by atoms with Crippen molar-refractivity contribution in [3.8, 4) is 0 Å². The quantitative estimate of drug-likeness (QED) is 0.843. The maximum atomic E-state index is 12.1. The smallest absolute Gasteiger partial charge is 0.261 e. The molecule has 0 aliphatic heterocycles. The molecule has 0 fully saturated rings. The Morgan fingerprint density at radius 2 is 1.74 bits per heavy atom. The lowest BCUT2D eigenvalue weighted by atomic mass is 10.2. The van der Waals surface area contributed by atoms with E-state index in [2.05, 4.69) is 20.7 Å². The van der Waals surface area contributed by atoms with Crippen LogP contribution in [0, 0.1) is 6.92 Å². The lowest BCUT2D eigenvalue weighted by Gasteiger charge is -2.09. The topological polar surface area (TPSA) is 72.2 Å². The Bertz CT molecular complexity index is 697. The third-order valence-corrected chi connectivity index (χ3v) is 4.87. The molecule has 2 rings (SSSR count). The minimum absolute atomic E-state index is 0.179. The van der Waals surface area contributed by atoms with E-state index in [4.69, 9.17) is 5.73 Å². The molecule has 0 aromatic heterocycles. The summed E-state index contributed by atoms with van der Waals surface area (Å²) >= 11 is 3.37. The van der Waals surface area contributed by atoms with Gasteiger partial charge >= 0.3 is 0 Å². The van der Waals surface area contributed by atoms with Gasteiger partial charge in [0.1, 0.15) is 0 Å². The maximum absolute atomic E-state index is 12.1. The number of anilines is 2. The van der Waals surface area contributed by atoms with Crippen LogP contribution in [0.4, 0.5) is 11.4 Å². The molecule has 0 amide bonds. The summed E-state index contributed by atoms with van der Waals surface area (Å²) < 4.78 is 27.7. The average Bonchev–Trinajstić information content (AvgIpc) is 2.34. The van der Waals surface area contributed by atoms with Crippen LogP contribution >= 0.6 is 15.9 Å². The maximum Gasteiger partial charge on any atom is 0.261 e. The van der Waals surface area contributed by atoms with Crippen molar-refractivity contribution in [1.29, 1.82) is 0 Å². The fraction of sp³-hybridized carbons (Fsp3) is 0.0769. The molecule has 2 aromatic rings. The summed E-state index contributed by atoms with van der Waals surface area (Å²) in [7, 11) is -3.59. The van der Waals surface area contributed by atoms with Crippen LogP contribution in [0.3, 0.4) is 0 Å². The molecule has 0 radical (unpaired) electrons. The van der Waals surface area contributed by atoms with E-state index in [0.29, 0.717) is 11.4 Å². The largest absolute Gasteiger partial charge is 0.399 e. The summed E-state index contributed by atoms with van der Waals surface area (Å²) in [5, 5.41) is 0. The molecule has 3 N–H and O–H groups in total. The number of benzene rings is 2. The molecule has 0 unspecified atom stereocenters. The van der Waals surface area contributed by atoms with Crippen molar-refractivity contribution in [2.24, 2.45) is 0 Å². The Labute approximate surface area is 120 Å². The molecule has 6 heteroatoms. The van der Waals surface area contributed by atoms with Crippen LogP contribution in [0.25, 0.3) is 0 Å². The normalized spacial score (nSPS) is 11.3. The van der Waals surface area contributed by atoms with E-state index in [0.717, 1.165) is 10.0 Å². The number of aryl methyl sites for hydroxylation is 1. The van der Waals surface area contributed by atoms with E-state index < -0.39 is 10.0 Å². The van der Waals surface area contributed by atoms with E-state index in [1.165, 1.54) is 12.1 Å². The summed E-state index contributed by atoms with van der Waals surface area (Å²) in [5.41, 5.74) is 7.61. The Morgan fingerprint density at radius 1 is 1.11 bits per heavy atom. The Kier molecular flexibility index (Phi) is 3.82. The number of halogens is 1. The lowest BCUT2D eigenvalue weighted by Crippen LogP contribution is -2.12. The van der Waals surface area contributed by atoms with E-state index in [9.17, 15) is 8.42 Å². The molecule has 0 spiro atoms.